The first-order valence-electron chi connectivity index (χ1n) is 7.48. The Morgan fingerprint density at radius 1 is 1.33 bits per heavy atom. The minimum Gasteiger partial charge on any atom is -0.300 e. The van der Waals surface area contributed by atoms with Crippen LogP contribution in [0.4, 0.5) is 0 Å². The van der Waals surface area contributed by atoms with Crippen molar-refractivity contribution in [1.82, 2.24) is 5.32 Å². The van der Waals surface area contributed by atoms with Gasteiger partial charge < -0.3 is 0 Å². The summed E-state index contributed by atoms with van der Waals surface area (Å²) < 4.78 is 0. The van der Waals surface area contributed by atoms with E-state index in [1.54, 1.807) is 0 Å². The van der Waals surface area contributed by atoms with Crippen LogP contribution in [0, 0.1) is 11.3 Å². The van der Waals surface area contributed by atoms with Crippen LogP contribution < -0.4 is 5.32 Å². The summed E-state index contributed by atoms with van der Waals surface area (Å²) in [6, 6.07) is 2.43. The molecule has 1 aliphatic rings. The van der Waals surface area contributed by atoms with E-state index in [4.69, 9.17) is 0 Å². The van der Waals surface area contributed by atoms with Crippen LogP contribution in [0.5, 0.6) is 0 Å². The smallest absolute Gasteiger partial charge is 0.103 e. The SMILES string of the molecule is CCCNC(C)(C#N)CCCCSC1CCCC1. The van der Waals surface area contributed by atoms with Gasteiger partial charge in [0, 0.05) is 5.25 Å². The maximum atomic E-state index is 9.22. The lowest BCUT2D eigenvalue weighted by Gasteiger charge is -2.23. The topological polar surface area (TPSA) is 35.8 Å². The van der Waals surface area contributed by atoms with Gasteiger partial charge in [0.15, 0.2) is 0 Å². The second kappa shape index (κ2) is 8.82. The molecule has 0 aromatic heterocycles. The van der Waals surface area contributed by atoms with Gasteiger partial charge in [0.2, 0.25) is 0 Å². The highest BCUT2D eigenvalue weighted by atomic mass is 32.2. The van der Waals surface area contributed by atoms with Crippen molar-refractivity contribution in [3.63, 3.8) is 0 Å². The largest absolute Gasteiger partial charge is 0.300 e. The second-order valence-corrected chi connectivity index (χ2v) is 7.01. The fourth-order valence-electron chi connectivity index (χ4n) is 2.47. The lowest BCUT2D eigenvalue weighted by molar-refractivity contribution is 0.406. The molecular formula is C15H28N2S. The van der Waals surface area contributed by atoms with Crippen LogP contribution in [0.15, 0.2) is 0 Å². The minimum atomic E-state index is -0.311. The molecule has 0 heterocycles. The highest BCUT2D eigenvalue weighted by molar-refractivity contribution is 7.99. The summed E-state index contributed by atoms with van der Waals surface area (Å²) in [5.74, 6) is 1.28. The van der Waals surface area contributed by atoms with E-state index in [2.05, 4.69) is 30.1 Å². The summed E-state index contributed by atoms with van der Waals surface area (Å²) in [5, 5.41) is 13.5. The van der Waals surface area contributed by atoms with E-state index in [1.807, 2.05) is 6.92 Å². The van der Waals surface area contributed by atoms with Gasteiger partial charge in [-0.15, -0.1) is 0 Å². The van der Waals surface area contributed by atoms with Crippen molar-refractivity contribution in [3.05, 3.63) is 0 Å². The van der Waals surface area contributed by atoms with E-state index in [-0.39, 0.29) is 5.54 Å². The number of hydrogen-bond donors (Lipinski definition) is 1. The van der Waals surface area contributed by atoms with Crippen molar-refractivity contribution in [1.29, 1.82) is 5.26 Å². The molecular weight excluding hydrogens is 240 g/mol. The zero-order valence-corrected chi connectivity index (χ0v) is 12.8. The summed E-state index contributed by atoms with van der Waals surface area (Å²) >= 11 is 2.16. The standard InChI is InChI=1S/C15H28N2S/c1-3-11-17-15(2,13-16)10-6-7-12-18-14-8-4-5-9-14/h14,17H,3-12H2,1-2H3. The zero-order chi connectivity index (χ0) is 13.3. The van der Waals surface area contributed by atoms with Crippen LogP contribution in [-0.4, -0.2) is 23.1 Å². The predicted octanol–water partition coefficient (Wildman–Crippen LogP) is 4.11. The lowest BCUT2D eigenvalue weighted by Crippen LogP contribution is -2.41. The maximum Gasteiger partial charge on any atom is 0.103 e. The van der Waals surface area contributed by atoms with Gasteiger partial charge in [-0.3, -0.25) is 5.32 Å². The summed E-state index contributed by atoms with van der Waals surface area (Å²) in [6.07, 6.45) is 10.2. The monoisotopic (exact) mass is 268 g/mol. The molecule has 0 aromatic carbocycles. The summed E-state index contributed by atoms with van der Waals surface area (Å²) in [6.45, 7) is 5.12. The first-order chi connectivity index (χ1) is 8.70. The Kier molecular flexibility index (Phi) is 7.77. The van der Waals surface area contributed by atoms with E-state index in [9.17, 15) is 5.26 Å². The Bertz CT molecular complexity index is 256. The van der Waals surface area contributed by atoms with E-state index < -0.39 is 0 Å². The third-order valence-electron chi connectivity index (χ3n) is 3.74. The molecule has 104 valence electrons. The van der Waals surface area contributed by atoms with Gasteiger partial charge in [-0.1, -0.05) is 19.8 Å². The Balaban J connectivity index is 2.05. The zero-order valence-electron chi connectivity index (χ0n) is 12.0. The molecule has 0 aromatic rings. The summed E-state index contributed by atoms with van der Waals surface area (Å²) in [7, 11) is 0. The van der Waals surface area contributed by atoms with Gasteiger partial charge in [-0.05, 0) is 57.7 Å². The van der Waals surface area contributed by atoms with Crippen molar-refractivity contribution in [2.45, 2.75) is 76.0 Å². The molecule has 1 unspecified atom stereocenters. The maximum absolute atomic E-state index is 9.22. The van der Waals surface area contributed by atoms with E-state index in [0.29, 0.717) is 0 Å². The van der Waals surface area contributed by atoms with E-state index in [1.165, 1.54) is 44.3 Å². The average Bonchev–Trinajstić information content (AvgIpc) is 2.89. The number of nitrogens with one attached hydrogen (secondary N) is 1. The van der Waals surface area contributed by atoms with Gasteiger partial charge in [0.05, 0.1) is 6.07 Å². The van der Waals surface area contributed by atoms with Crippen molar-refractivity contribution in [2.75, 3.05) is 12.3 Å². The molecule has 1 saturated carbocycles. The molecule has 0 amide bonds. The molecule has 1 rings (SSSR count). The molecule has 0 spiro atoms. The third kappa shape index (κ3) is 6.11. The molecule has 0 radical (unpaired) electrons. The van der Waals surface area contributed by atoms with Crippen molar-refractivity contribution in [2.24, 2.45) is 0 Å². The van der Waals surface area contributed by atoms with Crippen LogP contribution in [0.25, 0.3) is 0 Å². The van der Waals surface area contributed by atoms with Crippen molar-refractivity contribution in [3.8, 4) is 6.07 Å². The van der Waals surface area contributed by atoms with Gasteiger partial charge in [0.1, 0.15) is 5.54 Å². The van der Waals surface area contributed by atoms with Crippen LogP contribution in [0.3, 0.4) is 0 Å². The first kappa shape index (κ1) is 15.9. The molecule has 18 heavy (non-hydrogen) atoms. The van der Waals surface area contributed by atoms with Crippen LogP contribution in [-0.2, 0) is 0 Å². The number of hydrogen-bond acceptors (Lipinski definition) is 3. The molecule has 3 heteroatoms. The molecule has 1 atom stereocenters. The Labute approximate surface area is 117 Å². The summed E-state index contributed by atoms with van der Waals surface area (Å²) in [5.41, 5.74) is -0.311. The molecule has 0 saturated heterocycles. The van der Waals surface area contributed by atoms with Gasteiger partial charge >= 0.3 is 0 Å². The van der Waals surface area contributed by atoms with Gasteiger partial charge in [-0.2, -0.15) is 17.0 Å². The predicted molar refractivity (Wildman–Crippen MR) is 80.9 cm³/mol. The molecule has 0 bridgehead atoms. The van der Waals surface area contributed by atoms with Crippen LogP contribution in [0.1, 0.15) is 65.2 Å². The highest BCUT2D eigenvalue weighted by Crippen LogP contribution is 2.30. The molecule has 1 N–H and O–H groups in total. The van der Waals surface area contributed by atoms with E-state index in [0.717, 1.165) is 24.6 Å². The molecule has 1 aliphatic carbocycles. The fraction of sp³-hybridized carbons (Fsp3) is 0.933. The first-order valence-corrected chi connectivity index (χ1v) is 8.53. The number of unbranched alkanes of at least 4 members (excludes halogenated alkanes) is 1. The number of rotatable bonds is 9. The highest BCUT2D eigenvalue weighted by Gasteiger charge is 2.21. The Morgan fingerprint density at radius 3 is 2.67 bits per heavy atom. The number of nitriles is 1. The Hall–Kier alpha value is -0.200. The van der Waals surface area contributed by atoms with E-state index >= 15 is 0 Å². The normalized spacial score (nSPS) is 19.6. The third-order valence-corrected chi connectivity index (χ3v) is 5.21. The number of nitrogens with zero attached hydrogens (tertiary/aromatic N) is 1. The van der Waals surface area contributed by atoms with Crippen molar-refractivity contribution >= 4 is 11.8 Å². The average molecular weight is 268 g/mol. The van der Waals surface area contributed by atoms with Crippen LogP contribution in [0.2, 0.25) is 0 Å². The molecule has 1 fully saturated rings. The Morgan fingerprint density at radius 2 is 2.06 bits per heavy atom. The summed E-state index contributed by atoms with van der Waals surface area (Å²) in [4.78, 5) is 0. The second-order valence-electron chi connectivity index (χ2n) is 5.61. The fourth-order valence-corrected chi connectivity index (χ4v) is 3.84. The molecule has 2 nitrogen and oxygen atoms in total. The van der Waals surface area contributed by atoms with Crippen LogP contribution >= 0.6 is 11.8 Å². The quantitative estimate of drug-likeness (QED) is 0.639. The van der Waals surface area contributed by atoms with Gasteiger partial charge in [-0.25, -0.2) is 0 Å². The lowest BCUT2D eigenvalue weighted by atomic mass is 9.96. The minimum absolute atomic E-state index is 0.311. The molecule has 0 aliphatic heterocycles. The van der Waals surface area contributed by atoms with Crippen molar-refractivity contribution < 1.29 is 0 Å². The number of thioether (sulfide) groups is 1. The van der Waals surface area contributed by atoms with Gasteiger partial charge in [0.25, 0.3) is 0 Å².